The van der Waals surface area contributed by atoms with Crippen LogP contribution in [-0.4, -0.2) is 4.57 Å². The SMILES string of the molecule is c1ccc(N(c2cc(-c3cccc4c3c3ccccc3n4-c3ccccc3)c3c(c2)oc2ccc4ccccc4c23)c2ccc3ccc4ccccc4c3c2)cc1. The van der Waals surface area contributed by atoms with E-state index in [4.69, 9.17) is 4.42 Å². The molecule has 3 heteroatoms. The van der Waals surface area contributed by atoms with Gasteiger partial charge in [-0.25, -0.2) is 0 Å². The molecule has 266 valence electrons. The van der Waals surface area contributed by atoms with Gasteiger partial charge in [0.25, 0.3) is 0 Å². The molecule has 12 rings (SSSR count). The molecule has 2 heterocycles. The summed E-state index contributed by atoms with van der Waals surface area (Å²) in [6.07, 6.45) is 0. The summed E-state index contributed by atoms with van der Waals surface area (Å²) in [5, 5.41) is 12.0. The predicted molar refractivity (Wildman–Crippen MR) is 241 cm³/mol. The van der Waals surface area contributed by atoms with E-state index in [-0.39, 0.29) is 0 Å². The molecule has 0 saturated heterocycles. The fourth-order valence-corrected chi connectivity index (χ4v) is 9.25. The number of aromatic nitrogens is 1. The van der Waals surface area contributed by atoms with Crippen LogP contribution >= 0.6 is 0 Å². The highest BCUT2D eigenvalue weighted by Gasteiger charge is 2.24. The van der Waals surface area contributed by atoms with Crippen LogP contribution in [-0.2, 0) is 0 Å². The van der Waals surface area contributed by atoms with Crippen LogP contribution in [0.3, 0.4) is 0 Å². The summed E-state index contributed by atoms with van der Waals surface area (Å²) in [6, 6.07) is 74.5. The maximum absolute atomic E-state index is 6.96. The lowest BCUT2D eigenvalue weighted by atomic mass is 9.93. The number of anilines is 3. The Balaban J connectivity index is 1.21. The third kappa shape index (κ3) is 4.86. The monoisotopic (exact) mass is 726 g/mol. The molecule has 3 nitrogen and oxygen atoms in total. The summed E-state index contributed by atoms with van der Waals surface area (Å²) in [7, 11) is 0. The van der Waals surface area contributed by atoms with Crippen LogP contribution in [0.1, 0.15) is 0 Å². The predicted octanol–water partition coefficient (Wildman–Crippen LogP) is 15.3. The van der Waals surface area contributed by atoms with Gasteiger partial charge in [-0.1, -0.05) is 140 Å². The van der Waals surface area contributed by atoms with Crippen molar-refractivity contribution in [2.75, 3.05) is 4.90 Å². The number of para-hydroxylation sites is 3. The Hall–Kier alpha value is -7.62. The van der Waals surface area contributed by atoms with Crippen molar-refractivity contribution < 1.29 is 4.42 Å². The molecule has 0 unspecified atom stereocenters. The second kappa shape index (κ2) is 12.5. The average molecular weight is 727 g/mol. The molecule has 0 saturated carbocycles. The van der Waals surface area contributed by atoms with E-state index in [0.29, 0.717) is 0 Å². The maximum Gasteiger partial charge on any atom is 0.138 e. The highest BCUT2D eigenvalue weighted by atomic mass is 16.3. The first-order valence-electron chi connectivity index (χ1n) is 19.5. The first-order chi connectivity index (χ1) is 28.3. The van der Waals surface area contributed by atoms with Crippen LogP contribution in [0.5, 0.6) is 0 Å². The number of rotatable bonds is 5. The molecule has 0 aliphatic carbocycles. The van der Waals surface area contributed by atoms with E-state index >= 15 is 0 Å². The standard InChI is InChI=1S/C54H34N2O/c1-3-16-38(17-4-1)55(40-30-28-37-27-26-35-14-7-9-20-42(35)46(37)32-40)41-33-47(54-51(34-41)57-50-31-29-36-15-8-10-21-43(36)53(50)54)44-23-13-25-49-52(44)45-22-11-12-24-48(45)56(49)39-18-5-2-6-19-39/h1-34H. The van der Waals surface area contributed by atoms with E-state index in [9.17, 15) is 0 Å². The van der Waals surface area contributed by atoms with Crippen molar-refractivity contribution in [2.24, 2.45) is 0 Å². The molecule has 0 spiro atoms. The summed E-state index contributed by atoms with van der Waals surface area (Å²) in [6.45, 7) is 0. The van der Waals surface area contributed by atoms with Gasteiger partial charge < -0.3 is 13.9 Å². The van der Waals surface area contributed by atoms with Gasteiger partial charge in [0.15, 0.2) is 0 Å². The summed E-state index contributed by atoms with van der Waals surface area (Å²) >= 11 is 0. The van der Waals surface area contributed by atoms with Crippen LogP contribution in [0, 0.1) is 0 Å². The van der Waals surface area contributed by atoms with Gasteiger partial charge in [0.2, 0.25) is 0 Å². The van der Waals surface area contributed by atoms with E-state index in [2.05, 4.69) is 216 Å². The van der Waals surface area contributed by atoms with Crippen molar-refractivity contribution in [2.45, 2.75) is 0 Å². The number of benzene rings is 10. The van der Waals surface area contributed by atoms with Gasteiger partial charge >= 0.3 is 0 Å². The molecule has 0 aliphatic rings. The Kier molecular flexibility index (Phi) is 6.93. The first-order valence-corrected chi connectivity index (χ1v) is 19.5. The Morgan fingerprint density at radius 3 is 1.79 bits per heavy atom. The van der Waals surface area contributed by atoms with Gasteiger partial charge in [-0.15, -0.1) is 0 Å². The molecule has 12 aromatic rings. The van der Waals surface area contributed by atoms with Gasteiger partial charge in [0.05, 0.1) is 16.7 Å². The largest absolute Gasteiger partial charge is 0.456 e. The molecular formula is C54H34N2O. The van der Waals surface area contributed by atoms with Gasteiger partial charge in [0.1, 0.15) is 11.2 Å². The quantitative estimate of drug-likeness (QED) is 0.165. The number of hydrogen-bond acceptors (Lipinski definition) is 2. The summed E-state index contributed by atoms with van der Waals surface area (Å²) in [5.41, 5.74) is 10.7. The van der Waals surface area contributed by atoms with E-state index in [1.165, 1.54) is 54.2 Å². The molecule has 2 aromatic heterocycles. The van der Waals surface area contributed by atoms with Crippen molar-refractivity contribution in [1.82, 2.24) is 4.57 Å². The molecule has 0 aliphatic heterocycles. The lowest BCUT2D eigenvalue weighted by molar-refractivity contribution is 0.669. The van der Waals surface area contributed by atoms with E-state index in [0.717, 1.165) is 55.8 Å². The summed E-state index contributed by atoms with van der Waals surface area (Å²) in [4.78, 5) is 2.38. The molecule has 0 atom stereocenters. The Morgan fingerprint density at radius 1 is 0.333 bits per heavy atom. The van der Waals surface area contributed by atoms with Gasteiger partial charge in [-0.3, -0.25) is 0 Å². The van der Waals surface area contributed by atoms with Crippen molar-refractivity contribution in [1.29, 1.82) is 0 Å². The number of furan rings is 1. The van der Waals surface area contributed by atoms with Crippen LogP contribution in [0.15, 0.2) is 211 Å². The minimum atomic E-state index is 0.852. The number of nitrogens with zero attached hydrogens (tertiary/aromatic N) is 2. The topological polar surface area (TPSA) is 21.3 Å². The van der Waals surface area contributed by atoms with E-state index in [1.807, 2.05) is 0 Å². The molecule has 0 radical (unpaired) electrons. The number of fused-ring (bicyclic) bond motifs is 11. The zero-order chi connectivity index (χ0) is 37.5. The van der Waals surface area contributed by atoms with E-state index < -0.39 is 0 Å². The third-order valence-electron chi connectivity index (χ3n) is 11.7. The summed E-state index contributed by atoms with van der Waals surface area (Å²) < 4.78 is 9.35. The minimum Gasteiger partial charge on any atom is -0.456 e. The van der Waals surface area contributed by atoms with Crippen molar-refractivity contribution >= 4 is 93.1 Å². The Morgan fingerprint density at radius 2 is 0.965 bits per heavy atom. The maximum atomic E-state index is 6.96. The zero-order valence-corrected chi connectivity index (χ0v) is 30.9. The van der Waals surface area contributed by atoms with Crippen molar-refractivity contribution in [3.05, 3.63) is 206 Å². The van der Waals surface area contributed by atoms with Gasteiger partial charge in [-0.2, -0.15) is 0 Å². The molecule has 0 bridgehead atoms. The molecule has 57 heavy (non-hydrogen) atoms. The molecular weight excluding hydrogens is 693 g/mol. The Bertz CT molecular complexity index is 3520. The number of hydrogen-bond donors (Lipinski definition) is 0. The lowest BCUT2D eigenvalue weighted by Crippen LogP contribution is -2.10. The third-order valence-corrected chi connectivity index (χ3v) is 11.7. The fourth-order valence-electron chi connectivity index (χ4n) is 9.25. The van der Waals surface area contributed by atoms with Crippen molar-refractivity contribution in [3.8, 4) is 16.8 Å². The second-order valence-electron chi connectivity index (χ2n) is 14.9. The highest BCUT2D eigenvalue weighted by Crippen LogP contribution is 2.48. The average Bonchev–Trinajstić information content (AvgIpc) is 3.83. The second-order valence-corrected chi connectivity index (χ2v) is 14.9. The van der Waals surface area contributed by atoms with Crippen LogP contribution in [0.4, 0.5) is 17.1 Å². The van der Waals surface area contributed by atoms with Crippen LogP contribution in [0.2, 0.25) is 0 Å². The van der Waals surface area contributed by atoms with E-state index in [1.54, 1.807) is 0 Å². The Labute approximate surface area is 328 Å². The molecule has 0 amide bonds. The van der Waals surface area contributed by atoms with Crippen LogP contribution < -0.4 is 4.90 Å². The molecule has 0 fully saturated rings. The molecule has 10 aromatic carbocycles. The van der Waals surface area contributed by atoms with Gasteiger partial charge in [0, 0.05) is 44.7 Å². The van der Waals surface area contributed by atoms with Crippen LogP contribution in [0.25, 0.3) is 92.9 Å². The zero-order valence-electron chi connectivity index (χ0n) is 30.9. The normalized spacial score (nSPS) is 11.9. The summed E-state index contributed by atoms with van der Waals surface area (Å²) in [5.74, 6) is 0. The first kappa shape index (κ1) is 31.7. The van der Waals surface area contributed by atoms with Gasteiger partial charge in [-0.05, 0) is 104 Å². The smallest absolute Gasteiger partial charge is 0.138 e. The fraction of sp³-hybridized carbons (Fsp3) is 0. The minimum absolute atomic E-state index is 0.852. The lowest BCUT2D eigenvalue weighted by Gasteiger charge is -2.27. The van der Waals surface area contributed by atoms with Crippen molar-refractivity contribution in [3.63, 3.8) is 0 Å². The highest BCUT2D eigenvalue weighted by molar-refractivity contribution is 6.26. The molecule has 0 N–H and O–H groups in total.